The average Bonchev–Trinajstić information content (AvgIpc) is 2.17. The average molecular weight is 246 g/mol. The van der Waals surface area contributed by atoms with Crippen LogP contribution in [0.25, 0.3) is 0 Å². The molecule has 1 unspecified atom stereocenters. The molecule has 16 heavy (non-hydrogen) atoms. The van der Waals surface area contributed by atoms with Crippen molar-refractivity contribution in [3.05, 3.63) is 30.1 Å². The van der Waals surface area contributed by atoms with E-state index in [9.17, 15) is 12.8 Å². The molecule has 0 aliphatic carbocycles. The van der Waals surface area contributed by atoms with Crippen molar-refractivity contribution < 1.29 is 12.8 Å². The number of sulfonamides is 1. The van der Waals surface area contributed by atoms with Crippen molar-refractivity contribution in [2.24, 2.45) is 5.73 Å². The molecule has 1 rings (SSSR count). The lowest BCUT2D eigenvalue weighted by atomic mass is 10.3. The summed E-state index contributed by atoms with van der Waals surface area (Å²) in [6.07, 6.45) is 0.556. The molecule has 0 saturated carbocycles. The van der Waals surface area contributed by atoms with Crippen LogP contribution >= 0.6 is 0 Å². The maximum Gasteiger partial charge on any atom is 0.240 e. The molecule has 0 amide bonds. The first-order chi connectivity index (χ1) is 7.45. The monoisotopic (exact) mass is 246 g/mol. The van der Waals surface area contributed by atoms with Gasteiger partial charge in [-0.15, -0.1) is 0 Å². The van der Waals surface area contributed by atoms with Crippen LogP contribution in [0, 0.1) is 5.82 Å². The van der Waals surface area contributed by atoms with Gasteiger partial charge in [-0.2, -0.15) is 0 Å². The van der Waals surface area contributed by atoms with Gasteiger partial charge in [-0.3, -0.25) is 0 Å². The Morgan fingerprint density at radius 1 is 1.38 bits per heavy atom. The van der Waals surface area contributed by atoms with Gasteiger partial charge in [0.25, 0.3) is 0 Å². The number of rotatable bonds is 5. The van der Waals surface area contributed by atoms with E-state index in [1.54, 1.807) is 6.92 Å². The van der Waals surface area contributed by atoms with E-state index >= 15 is 0 Å². The maximum absolute atomic E-state index is 12.6. The van der Waals surface area contributed by atoms with Gasteiger partial charge >= 0.3 is 0 Å². The highest BCUT2D eigenvalue weighted by Gasteiger charge is 2.16. The zero-order valence-corrected chi connectivity index (χ0v) is 9.80. The topological polar surface area (TPSA) is 72.2 Å². The molecule has 0 saturated heterocycles. The molecule has 6 heteroatoms. The summed E-state index contributed by atoms with van der Waals surface area (Å²) in [5.41, 5.74) is 5.32. The predicted octanol–water partition coefficient (Wildman–Crippen LogP) is 0.841. The lowest BCUT2D eigenvalue weighted by Crippen LogP contribution is -2.34. The van der Waals surface area contributed by atoms with Gasteiger partial charge in [-0.05, 0) is 44.2 Å². The molecule has 90 valence electrons. The Morgan fingerprint density at radius 3 is 2.44 bits per heavy atom. The van der Waals surface area contributed by atoms with Crippen molar-refractivity contribution in [1.82, 2.24) is 4.72 Å². The summed E-state index contributed by atoms with van der Waals surface area (Å²) in [5, 5.41) is 0. The fraction of sp³-hybridized carbons (Fsp3) is 0.400. The van der Waals surface area contributed by atoms with E-state index in [2.05, 4.69) is 4.72 Å². The Kier molecular flexibility index (Phi) is 4.40. The van der Waals surface area contributed by atoms with E-state index in [0.717, 1.165) is 12.1 Å². The number of benzene rings is 1. The quantitative estimate of drug-likeness (QED) is 0.808. The van der Waals surface area contributed by atoms with Crippen molar-refractivity contribution >= 4 is 10.0 Å². The van der Waals surface area contributed by atoms with Crippen molar-refractivity contribution in [2.45, 2.75) is 24.3 Å². The van der Waals surface area contributed by atoms with Crippen LogP contribution in [0.5, 0.6) is 0 Å². The van der Waals surface area contributed by atoms with Crippen LogP contribution < -0.4 is 10.5 Å². The third-order valence-electron chi connectivity index (χ3n) is 2.08. The summed E-state index contributed by atoms with van der Waals surface area (Å²) in [6, 6.07) is 4.45. The summed E-state index contributed by atoms with van der Waals surface area (Å²) in [5.74, 6) is -0.464. The summed E-state index contributed by atoms with van der Waals surface area (Å²) < 4.78 is 38.6. The van der Waals surface area contributed by atoms with Gasteiger partial charge in [-0.25, -0.2) is 17.5 Å². The van der Waals surface area contributed by atoms with Gasteiger partial charge in [0.1, 0.15) is 5.82 Å². The molecule has 1 aromatic carbocycles. The fourth-order valence-electron chi connectivity index (χ4n) is 1.26. The molecule has 0 fully saturated rings. The number of nitrogens with two attached hydrogens (primary N) is 1. The largest absolute Gasteiger partial charge is 0.330 e. The van der Waals surface area contributed by atoms with Crippen LogP contribution in [0.15, 0.2) is 29.2 Å². The Morgan fingerprint density at radius 2 is 1.94 bits per heavy atom. The van der Waals surface area contributed by atoms with Gasteiger partial charge in [0.05, 0.1) is 4.90 Å². The second-order valence-corrected chi connectivity index (χ2v) is 5.27. The number of halogens is 1. The molecule has 0 spiro atoms. The summed E-state index contributed by atoms with van der Waals surface area (Å²) in [4.78, 5) is 0.0535. The van der Waals surface area contributed by atoms with Crippen LogP contribution in [-0.4, -0.2) is 21.0 Å². The van der Waals surface area contributed by atoms with Crippen LogP contribution in [0.3, 0.4) is 0 Å². The Balaban J connectivity index is 2.82. The number of hydrogen-bond donors (Lipinski definition) is 2. The van der Waals surface area contributed by atoms with E-state index in [-0.39, 0.29) is 10.9 Å². The van der Waals surface area contributed by atoms with Crippen molar-refractivity contribution in [3.63, 3.8) is 0 Å². The smallest absolute Gasteiger partial charge is 0.240 e. The van der Waals surface area contributed by atoms with E-state index < -0.39 is 15.8 Å². The molecule has 0 aromatic heterocycles. The molecule has 0 aliphatic rings. The fourth-order valence-corrected chi connectivity index (χ4v) is 2.53. The van der Waals surface area contributed by atoms with E-state index in [1.165, 1.54) is 12.1 Å². The third kappa shape index (κ3) is 3.55. The van der Waals surface area contributed by atoms with Crippen LogP contribution in [0.2, 0.25) is 0 Å². The Labute approximate surface area is 94.7 Å². The third-order valence-corrected chi connectivity index (χ3v) is 3.69. The van der Waals surface area contributed by atoms with Crippen molar-refractivity contribution in [1.29, 1.82) is 0 Å². The summed E-state index contributed by atoms with van der Waals surface area (Å²) in [7, 11) is -3.57. The summed E-state index contributed by atoms with van der Waals surface area (Å²) >= 11 is 0. The van der Waals surface area contributed by atoms with E-state index in [1.807, 2.05) is 0 Å². The first kappa shape index (κ1) is 13.1. The predicted molar refractivity (Wildman–Crippen MR) is 59.9 cm³/mol. The molecule has 0 radical (unpaired) electrons. The molecule has 0 bridgehead atoms. The van der Waals surface area contributed by atoms with E-state index in [0.29, 0.717) is 13.0 Å². The minimum absolute atomic E-state index is 0.0535. The van der Waals surface area contributed by atoms with Crippen molar-refractivity contribution in [3.8, 4) is 0 Å². The van der Waals surface area contributed by atoms with Gasteiger partial charge in [-0.1, -0.05) is 0 Å². The number of hydrogen-bond acceptors (Lipinski definition) is 3. The zero-order chi connectivity index (χ0) is 12.2. The zero-order valence-electron chi connectivity index (χ0n) is 8.98. The number of nitrogens with one attached hydrogen (secondary N) is 1. The van der Waals surface area contributed by atoms with Crippen LogP contribution in [0.1, 0.15) is 13.3 Å². The Bertz CT molecular complexity index is 431. The lowest BCUT2D eigenvalue weighted by Gasteiger charge is -2.12. The molecule has 1 atom stereocenters. The second kappa shape index (κ2) is 5.38. The van der Waals surface area contributed by atoms with Crippen LogP contribution in [0.4, 0.5) is 4.39 Å². The molecule has 1 aromatic rings. The molecule has 4 nitrogen and oxygen atoms in total. The SMILES string of the molecule is CC(CCN)NS(=O)(=O)c1ccc(F)cc1. The first-order valence-electron chi connectivity index (χ1n) is 4.93. The Hall–Kier alpha value is -0.980. The van der Waals surface area contributed by atoms with E-state index in [4.69, 9.17) is 5.73 Å². The highest BCUT2D eigenvalue weighted by atomic mass is 32.2. The first-order valence-corrected chi connectivity index (χ1v) is 6.42. The van der Waals surface area contributed by atoms with Crippen molar-refractivity contribution in [2.75, 3.05) is 6.54 Å². The molecular weight excluding hydrogens is 231 g/mol. The highest BCUT2D eigenvalue weighted by Crippen LogP contribution is 2.10. The van der Waals surface area contributed by atoms with Gasteiger partial charge in [0, 0.05) is 6.04 Å². The van der Waals surface area contributed by atoms with Gasteiger partial charge in [0.15, 0.2) is 0 Å². The minimum Gasteiger partial charge on any atom is -0.330 e. The molecular formula is C10H15FN2O2S. The summed E-state index contributed by atoms with van der Waals surface area (Å²) in [6.45, 7) is 2.14. The normalized spacial score (nSPS) is 13.7. The second-order valence-electron chi connectivity index (χ2n) is 3.55. The molecule has 0 aliphatic heterocycles. The minimum atomic E-state index is -3.57. The molecule has 3 N–H and O–H groups in total. The van der Waals surface area contributed by atoms with Gasteiger partial charge in [0.2, 0.25) is 10.0 Å². The standard InChI is InChI=1S/C10H15FN2O2S/c1-8(6-7-12)13-16(14,15)10-4-2-9(11)3-5-10/h2-5,8,13H,6-7,12H2,1H3. The molecule has 0 heterocycles. The highest BCUT2D eigenvalue weighted by molar-refractivity contribution is 7.89. The maximum atomic E-state index is 12.6. The van der Waals surface area contributed by atoms with Crippen LogP contribution in [-0.2, 0) is 10.0 Å². The van der Waals surface area contributed by atoms with Gasteiger partial charge < -0.3 is 5.73 Å². The lowest BCUT2D eigenvalue weighted by molar-refractivity contribution is 0.549.